The number of carbonyl (C=O) groups is 1. The third kappa shape index (κ3) is 1.80. The Labute approximate surface area is 89.7 Å². The molecule has 0 aromatic carbocycles. The highest BCUT2D eigenvalue weighted by Crippen LogP contribution is 2.29. The van der Waals surface area contributed by atoms with Gasteiger partial charge in [-0.25, -0.2) is 9.67 Å². The number of Topliss-reactive ketones (excluding diaryl/α,β-unsaturated/α-hetero) is 1. The van der Waals surface area contributed by atoms with E-state index in [4.69, 9.17) is 0 Å². The van der Waals surface area contributed by atoms with Gasteiger partial charge in [0.05, 0.1) is 6.04 Å². The molecule has 0 aliphatic carbocycles. The van der Waals surface area contributed by atoms with E-state index in [-0.39, 0.29) is 5.78 Å². The van der Waals surface area contributed by atoms with Crippen LogP contribution >= 0.6 is 0 Å². The first kappa shape index (κ1) is 10.3. The highest BCUT2D eigenvalue weighted by Gasteiger charge is 2.26. The molecule has 1 aromatic heterocycles. The average Bonchev–Trinajstić information content (AvgIpc) is 2.60. The van der Waals surface area contributed by atoms with Gasteiger partial charge in [0.1, 0.15) is 5.82 Å². The molecule has 2 heterocycles. The molecule has 0 radical (unpaired) electrons. The molecule has 1 atom stereocenters. The van der Waals surface area contributed by atoms with Gasteiger partial charge in [0.25, 0.3) is 0 Å². The minimum atomic E-state index is -0.0422. The van der Waals surface area contributed by atoms with Crippen molar-refractivity contribution in [3.8, 4) is 0 Å². The van der Waals surface area contributed by atoms with Gasteiger partial charge in [-0.05, 0) is 18.8 Å². The third-order valence-electron chi connectivity index (χ3n) is 3.00. The van der Waals surface area contributed by atoms with Crippen molar-refractivity contribution in [2.45, 2.75) is 46.1 Å². The number of fused-ring (bicyclic) bond motifs is 1. The largest absolute Gasteiger partial charge is 0.291 e. The number of aromatic nitrogens is 3. The lowest BCUT2D eigenvalue weighted by Crippen LogP contribution is -2.23. The quantitative estimate of drug-likeness (QED) is 0.697. The molecule has 0 saturated carbocycles. The number of hydrogen-bond acceptors (Lipinski definition) is 3. The van der Waals surface area contributed by atoms with E-state index in [1.807, 2.05) is 4.68 Å². The lowest BCUT2D eigenvalue weighted by atomic mass is 9.95. The van der Waals surface area contributed by atoms with Crippen molar-refractivity contribution >= 4 is 5.78 Å². The van der Waals surface area contributed by atoms with Gasteiger partial charge in [-0.2, -0.15) is 0 Å². The fourth-order valence-corrected chi connectivity index (χ4v) is 2.15. The highest BCUT2D eigenvalue weighted by molar-refractivity contribution is 5.90. The van der Waals surface area contributed by atoms with Crippen molar-refractivity contribution in [1.29, 1.82) is 0 Å². The molecule has 0 bridgehead atoms. The molecule has 0 amide bonds. The summed E-state index contributed by atoms with van der Waals surface area (Å²) < 4.78 is 1.96. The van der Waals surface area contributed by atoms with Crippen LogP contribution in [0.1, 0.15) is 56.1 Å². The van der Waals surface area contributed by atoms with Crippen LogP contribution in [-0.4, -0.2) is 20.5 Å². The van der Waals surface area contributed by atoms with Crippen LogP contribution in [-0.2, 0) is 6.42 Å². The van der Waals surface area contributed by atoms with Gasteiger partial charge in [0.15, 0.2) is 5.78 Å². The number of carbonyl (C=O) groups excluding carboxylic acids is 1. The van der Waals surface area contributed by atoms with Crippen molar-refractivity contribution in [3.63, 3.8) is 0 Å². The minimum Gasteiger partial charge on any atom is -0.291 e. The lowest BCUT2D eigenvalue weighted by Gasteiger charge is -2.26. The van der Waals surface area contributed by atoms with Crippen LogP contribution in [0.4, 0.5) is 0 Å². The third-order valence-corrected chi connectivity index (χ3v) is 3.00. The smallest absolute Gasteiger partial charge is 0.217 e. The zero-order valence-corrected chi connectivity index (χ0v) is 9.53. The molecular formula is C11H17N3O. The van der Waals surface area contributed by atoms with E-state index >= 15 is 0 Å². The zero-order valence-electron chi connectivity index (χ0n) is 9.53. The van der Waals surface area contributed by atoms with Crippen LogP contribution in [0.15, 0.2) is 0 Å². The maximum Gasteiger partial charge on any atom is 0.217 e. The first-order valence-corrected chi connectivity index (χ1v) is 5.56. The Bertz CT molecular complexity index is 381. The topological polar surface area (TPSA) is 47.8 Å². The minimum absolute atomic E-state index is 0.0422. The van der Waals surface area contributed by atoms with Gasteiger partial charge in [-0.15, -0.1) is 5.10 Å². The Kier molecular flexibility index (Phi) is 2.59. The second kappa shape index (κ2) is 3.76. The van der Waals surface area contributed by atoms with Gasteiger partial charge in [0.2, 0.25) is 5.82 Å². The predicted octanol–water partition coefficient (Wildman–Crippen LogP) is 2.01. The highest BCUT2D eigenvalue weighted by atomic mass is 16.1. The number of rotatable bonds is 2. The normalized spacial score (nSPS) is 20.4. The van der Waals surface area contributed by atoms with Crippen molar-refractivity contribution in [1.82, 2.24) is 14.8 Å². The summed E-state index contributed by atoms with van der Waals surface area (Å²) in [5, 5.41) is 4.31. The summed E-state index contributed by atoms with van der Waals surface area (Å²) in [6, 6.07) is 0.411. The summed E-state index contributed by atoms with van der Waals surface area (Å²) in [7, 11) is 0. The summed E-state index contributed by atoms with van der Waals surface area (Å²) in [5.41, 5.74) is 0. The summed E-state index contributed by atoms with van der Waals surface area (Å²) in [6.45, 7) is 5.90. The summed E-state index contributed by atoms with van der Waals surface area (Å²) >= 11 is 0. The van der Waals surface area contributed by atoms with Crippen LogP contribution in [0, 0.1) is 5.92 Å². The van der Waals surface area contributed by atoms with E-state index in [9.17, 15) is 4.79 Å². The molecule has 0 unspecified atom stereocenters. The predicted molar refractivity (Wildman–Crippen MR) is 56.8 cm³/mol. The average molecular weight is 207 g/mol. The van der Waals surface area contributed by atoms with Gasteiger partial charge in [-0.3, -0.25) is 4.79 Å². The number of hydrogen-bond donors (Lipinski definition) is 0. The van der Waals surface area contributed by atoms with Crippen LogP contribution in [0.2, 0.25) is 0 Å². The second-order valence-electron chi connectivity index (χ2n) is 4.56. The number of aryl methyl sites for hydroxylation is 1. The van der Waals surface area contributed by atoms with Crippen LogP contribution < -0.4 is 0 Å². The second-order valence-corrected chi connectivity index (χ2v) is 4.56. The summed E-state index contributed by atoms with van der Waals surface area (Å²) in [5.74, 6) is 1.85. The zero-order chi connectivity index (χ0) is 11.0. The van der Waals surface area contributed by atoms with Crippen molar-refractivity contribution in [2.75, 3.05) is 0 Å². The Morgan fingerprint density at radius 1 is 1.53 bits per heavy atom. The fourth-order valence-electron chi connectivity index (χ4n) is 2.15. The molecule has 0 spiro atoms. The van der Waals surface area contributed by atoms with E-state index in [0.29, 0.717) is 17.8 Å². The van der Waals surface area contributed by atoms with Crippen molar-refractivity contribution in [2.24, 2.45) is 5.92 Å². The van der Waals surface area contributed by atoms with Gasteiger partial charge in [0, 0.05) is 13.3 Å². The fraction of sp³-hybridized carbons (Fsp3) is 0.727. The van der Waals surface area contributed by atoms with Crippen molar-refractivity contribution in [3.05, 3.63) is 11.6 Å². The van der Waals surface area contributed by atoms with Crippen molar-refractivity contribution < 1.29 is 4.79 Å². The standard InChI is InChI=1S/C11H17N3O/c1-7(2)9-5-4-6-10-12-11(8(3)15)13-14(9)10/h7,9H,4-6H2,1-3H3/t9-/m1/s1. The lowest BCUT2D eigenvalue weighted by molar-refractivity contribution is 0.100. The molecule has 2 rings (SSSR count). The van der Waals surface area contributed by atoms with Gasteiger partial charge < -0.3 is 0 Å². The van der Waals surface area contributed by atoms with E-state index in [2.05, 4.69) is 23.9 Å². The molecule has 1 aliphatic rings. The number of nitrogens with zero attached hydrogens (tertiary/aromatic N) is 3. The molecular weight excluding hydrogens is 190 g/mol. The van der Waals surface area contributed by atoms with E-state index in [1.54, 1.807) is 0 Å². The SMILES string of the molecule is CC(=O)c1nc2n(n1)[C@@H](C(C)C)CCC2. The van der Waals surface area contributed by atoms with Crippen LogP contribution in [0.3, 0.4) is 0 Å². The molecule has 1 aliphatic heterocycles. The maximum atomic E-state index is 11.2. The van der Waals surface area contributed by atoms with E-state index in [1.165, 1.54) is 6.92 Å². The Morgan fingerprint density at radius 2 is 2.27 bits per heavy atom. The van der Waals surface area contributed by atoms with E-state index < -0.39 is 0 Å². The maximum absolute atomic E-state index is 11.2. The molecule has 0 fully saturated rings. The van der Waals surface area contributed by atoms with E-state index in [0.717, 1.165) is 25.1 Å². The Balaban J connectivity index is 2.38. The molecule has 4 nitrogen and oxygen atoms in total. The molecule has 15 heavy (non-hydrogen) atoms. The van der Waals surface area contributed by atoms with Gasteiger partial charge >= 0.3 is 0 Å². The number of ketones is 1. The van der Waals surface area contributed by atoms with Crippen LogP contribution in [0.25, 0.3) is 0 Å². The first-order chi connectivity index (χ1) is 7.09. The summed E-state index contributed by atoms with van der Waals surface area (Å²) in [6.07, 6.45) is 3.24. The Hall–Kier alpha value is -1.19. The molecule has 82 valence electrons. The molecule has 0 saturated heterocycles. The molecule has 1 aromatic rings. The first-order valence-electron chi connectivity index (χ1n) is 5.56. The molecule has 4 heteroatoms. The molecule has 0 N–H and O–H groups in total. The Morgan fingerprint density at radius 3 is 2.87 bits per heavy atom. The van der Waals surface area contributed by atoms with Crippen LogP contribution in [0.5, 0.6) is 0 Å². The monoisotopic (exact) mass is 207 g/mol. The van der Waals surface area contributed by atoms with Gasteiger partial charge in [-0.1, -0.05) is 13.8 Å². The summed E-state index contributed by atoms with van der Waals surface area (Å²) in [4.78, 5) is 15.5.